The number of carbonyl (C=O) groups excluding carboxylic acids is 1. The van der Waals surface area contributed by atoms with Crippen LogP contribution in [0.25, 0.3) is 10.9 Å². The highest BCUT2D eigenvalue weighted by atomic mass is 79.9. The largest absolute Gasteiger partial charge is 0.391 e. The molecule has 0 radical (unpaired) electrons. The highest BCUT2D eigenvalue weighted by Crippen LogP contribution is 2.27. The van der Waals surface area contributed by atoms with E-state index in [0.717, 1.165) is 32.2 Å². The molecule has 1 aromatic heterocycles. The summed E-state index contributed by atoms with van der Waals surface area (Å²) in [5.74, 6) is 0.0684. The van der Waals surface area contributed by atoms with Gasteiger partial charge in [-0.2, -0.15) is 0 Å². The van der Waals surface area contributed by atoms with Crippen LogP contribution in [0.2, 0.25) is 5.02 Å². The molecule has 3 atom stereocenters. The van der Waals surface area contributed by atoms with Crippen LogP contribution in [0.5, 0.6) is 0 Å². The lowest BCUT2D eigenvalue weighted by atomic mass is 9.82. The summed E-state index contributed by atoms with van der Waals surface area (Å²) in [5, 5.41) is 14.9. The quantitative estimate of drug-likeness (QED) is 0.184. The van der Waals surface area contributed by atoms with Crippen LogP contribution < -0.4 is 10.9 Å². The Labute approximate surface area is 234 Å². The van der Waals surface area contributed by atoms with E-state index in [1.54, 1.807) is 12.1 Å². The second kappa shape index (κ2) is 16.0. The molecule has 0 saturated carbocycles. The van der Waals surface area contributed by atoms with Crippen LogP contribution in [0.4, 0.5) is 0 Å². The fourth-order valence-electron chi connectivity index (χ4n) is 5.44. The zero-order valence-electron chi connectivity index (χ0n) is 22.2. The third-order valence-electron chi connectivity index (χ3n) is 7.58. The van der Waals surface area contributed by atoms with Gasteiger partial charge >= 0.3 is 0 Å². The maximum Gasteiger partial charge on any atom is 0.258 e. The van der Waals surface area contributed by atoms with Gasteiger partial charge in [-0.05, 0) is 53.9 Å². The number of nitrogens with one attached hydrogen (secondary N) is 2. The molecule has 1 saturated heterocycles. The number of H-pyrrole nitrogens is 1. The molecule has 37 heavy (non-hydrogen) atoms. The van der Waals surface area contributed by atoms with Gasteiger partial charge in [-0.25, -0.2) is 4.98 Å². The average Bonchev–Trinajstić information content (AvgIpc) is 2.87. The van der Waals surface area contributed by atoms with Crippen molar-refractivity contribution in [3.63, 3.8) is 0 Å². The van der Waals surface area contributed by atoms with Gasteiger partial charge in [0.1, 0.15) is 11.6 Å². The lowest BCUT2D eigenvalue weighted by Gasteiger charge is -2.34. The number of aliphatic hydroxyl groups is 1. The van der Waals surface area contributed by atoms with E-state index in [0.29, 0.717) is 32.6 Å². The third-order valence-corrected chi connectivity index (χ3v) is 8.77. The summed E-state index contributed by atoms with van der Waals surface area (Å²) in [6, 6.07) is 3.04. The molecule has 1 fully saturated rings. The lowest BCUT2D eigenvalue weighted by molar-refractivity contribution is -0.125. The van der Waals surface area contributed by atoms with Crippen LogP contribution >= 0.6 is 27.5 Å². The van der Waals surface area contributed by atoms with E-state index in [1.807, 2.05) is 0 Å². The number of Topliss-reactive ketones (excluding diaryl/α,β-unsaturated/α-hetero) is 1. The first kappa shape index (κ1) is 30.3. The first-order valence-electron chi connectivity index (χ1n) is 14.2. The first-order valence-corrected chi connectivity index (χ1v) is 15.4. The number of benzene rings is 1. The standard InChI is InChI=1S/C29H43BrClN3O3/c1-2-3-4-5-6-7-8-9-10-11-12-14-20(28-25(35)15-13-16-32-28)26(36)19-27-33-24-18-22(30)23(31)17-21(24)29(37)34-27/h17-18,20,25,28,32,35H,2-16,19H2,1H3,(H,33,34,37)/t20?,25-,28+/m0/s1. The first-order chi connectivity index (χ1) is 17.9. The molecule has 1 unspecified atom stereocenters. The van der Waals surface area contributed by atoms with Crippen molar-refractivity contribution >= 4 is 44.2 Å². The van der Waals surface area contributed by atoms with Crippen molar-refractivity contribution in [3.05, 3.63) is 37.8 Å². The van der Waals surface area contributed by atoms with Crippen LogP contribution in [0.1, 0.15) is 103 Å². The zero-order chi connectivity index (χ0) is 26.6. The van der Waals surface area contributed by atoms with Crippen molar-refractivity contribution in [1.29, 1.82) is 0 Å². The summed E-state index contributed by atoms with van der Waals surface area (Å²) in [6.07, 6.45) is 15.7. The van der Waals surface area contributed by atoms with Crippen molar-refractivity contribution in [2.24, 2.45) is 5.92 Å². The van der Waals surface area contributed by atoms with E-state index in [2.05, 4.69) is 38.1 Å². The molecule has 1 aliphatic heterocycles. The molecular weight excluding hydrogens is 554 g/mol. The Bertz CT molecular complexity index is 1060. The maximum atomic E-state index is 13.5. The number of aliphatic hydroxyl groups excluding tert-OH is 1. The van der Waals surface area contributed by atoms with Gasteiger partial charge in [0.05, 0.1) is 28.5 Å². The van der Waals surface area contributed by atoms with E-state index in [9.17, 15) is 14.7 Å². The normalized spacial score (nSPS) is 18.8. The van der Waals surface area contributed by atoms with Crippen molar-refractivity contribution in [3.8, 4) is 0 Å². The average molecular weight is 597 g/mol. The second-order valence-corrected chi connectivity index (χ2v) is 11.8. The van der Waals surface area contributed by atoms with E-state index >= 15 is 0 Å². The van der Waals surface area contributed by atoms with E-state index in [1.165, 1.54) is 57.8 Å². The Kier molecular flexibility index (Phi) is 13.1. The molecule has 2 aromatic rings. The van der Waals surface area contributed by atoms with Gasteiger partial charge in [-0.3, -0.25) is 9.59 Å². The predicted molar refractivity (Wildman–Crippen MR) is 155 cm³/mol. The molecule has 3 N–H and O–H groups in total. The maximum absolute atomic E-state index is 13.5. The number of aromatic nitrogens is 2. The van der Waals surface area contributed by atoms with Crippen LogP contribution in [0.3, 0.4) is 0 Å². The van der Waals surface area contributed by atoms with Gasteiger partial charge < -0.3 is 15.4 Å². The van der Waals surface area contributed by atoms with Crippen molar-refractivity contribution < 1.29 is 9.90 Å². The Morgan fingerprint density at radius 2 is 1.76 bits per heavy atom. The fraction of sp³-hybridized carbons (Fsp3) is 0.690. The Morgan fingerprint density at radius 1 is 1.11 bits per heavy atom. The summed E-state index contributed by atoms with van der Waals surface area (Å²) >= 11 is 9.51. The predicted octanol–water partition coefficient (Wildman–Crippen LogP) is 6.88. The lowest BCUT2D eigenvalue weighted by Crippen LogP contribution is -2.52. The molecule has 0 amide bonds. The van der Waals surface area contributed by atoms with Crippen molar-refractivity contribution in [1.82, 2.24) is 15.3 Å². The number of unbranched alkanes of at least 4 members (excludes halogenated alkanes) is 10. The van der Waals surface area contributed by atoms with E-state index in [4.69, 9.17) is 11.6 Å². The number of ketones is 1. The fourth-order valence-corrected chi connectivity index (χ4v) is 5.93. The number of halogens is 2. The molecule has 3 rings (SSSR count). The minimum atomic E-state index is -0.530. The minimum absolute atomic E-state index is 0.0149. The molecule has 1 aliphatic rings. The molecule has 0 spiro atoms. The van der Waals surface area contributed by atoms with Gasteiger partial charge in [0.2, 0.25) is 0 Å². The highest BCUT2D eigenvalue weighted by Gasteiger charge is 2.34. The van der Waals surface area contributed by atoms with Gasteiger partial charge in [0, 0.05) is 16.4 Å². The number of aromatic amines is 1. The molecular formula is C29H43BrClN3O3. The summed E-state index contributed by atoms with van der Waals surface area (Å²) < 4.78 is 0.654. The smallest absolute Gasteiger partial charge is 0.258 e. The number of fused-ring (bicyclic) bond motifs is 1. The van der Waals surface area contributed by atoms with Gasteiger partial charge in [-0.15, -0.1) is 0 Å². The summed E-state index contributed by atoms with van der Waals surface area (Å²) in [7, 11) is 0. The van der Waals surface area contributed by atoms with E-state index < -0.39 is 6.10 Å². The second-order valence-electron chi connectivity index (χ2n) is 10.6. The van der Waals surface area contributed by atoms with Crippen LogP contribution in [-0.4, -0.2) is 39.5 Å². The Balaban J connectivity index is 1.55. The monoisotopic (exact) mass is 595 g/mol. The molecule has 206 valence electrons. The van der Waals surface area contributed by atoms with Crippen LogP contribution in [0.15, 0.2) is 21.4 Å². The zero-order valence-corrected chi connectivity index (χ0v) is 24.5. The summed E-state index contributed by atoms with van der Waals surface area (Å²) in [4.78, 5) is 33.4. The van der Waals surface area contributed by atoms with E-state index in [-0.39, 0.29) is 29.7 Å². The molecule has 6 nitrogen and oxygen atoms in total. The SMILES string of the molecule is CCCCCCCCCCCCCC(C(=O)Cc1nc2cc(Br)c(Cl)cc2c(=O)[nH]1)[C@H]1NCCC[C@@H]1O. The molecule has 8 heteroatoms. The topological polar surface area (TPSA) is 95.1 Å². The number of rotatable bonds is 16. The highest BCUT2D eigenvalue weighted by molar-refractivity contribution is 9.10. The third kappa shape index (κ3) is 9.45. The number of carbonyl (C=O) groups is 1. The number of piperidine rings is 1. The van der Waals surface area contributed by atoms with Crippen LogP contribution in [-0.2, 0) is 11.2 Å². The van der Waals surface area contributed by atoms with Gasteiger partial charge in [0.15, 0.2) is 0 Å². The van der Waals surface area contributed by atoms with Crippen molar-refractivity contribution in [2.45, 2.75) is 115 Å². The molecule has 1 aromatic carbocycles. The number of hydrogen-bond acceptors (Lipinski definition) is 5. The summed E-state index contributed by atoms with van der Waals surface area (Å²) in [5.41, 5.74) is 0.195. The molecule has 2 heterocycles. The van der Waals surface area contributed by atoms with Crippen molar-refractivity contribution in [2.75, 3.05) is 6.54 Å². The Morgan fingerprint density at radius 3 is 2.41 bits per heavy atom. The Hall–Kier alpha value is -1.28. The summed E-state index contributed by atoms with van der Waals surface area (Å²) in [6.45, 7) is 3.06. The minimum Gasteiger partial charge on any atom is -0.391 e. The van der Waals surface area contributed by atoms with Gasteiger partial charge in [0.25, 0.3) is 5.56 Å². The molecule has 0 aliphatic carbocycles. The van der Waals surface area contributed by atoms with Crippen LogP contribution in [0, 0.1) is 5.92 Å². The van der Waals surface area contributed by atoms with Gasteiger partial charge in [-0.1, -0.05) is 89.2 Å². The molecule has 0 bridgehead atoms. The number of hydrogen-bond donors (Lipinski definition) is 3. The number of nitrogens with zero attached hydrogens (tertiary/aromatic N) is 1.